The smallest absolute Gasteiger partial charge is 0.352 e. The number of H-pyrrole nitrogens is 1. The zero-order chi connectivity index (χ0) is 13.9. The molecule has 0 unspecified atom stereocenters. The van der Waals surface area contributed by atoms with Crippen LogP contribution in [0.2, 0.25) is 0 Å². The van der Waals surface area contributed by atoms with Crippen molar-refractivity contribution >= 4 is 17.3 Å². The Kier molecular flexibility index (Phi) is 3.30. The van der Waals surface area contributed by atoms with Crippen molar-refractivity contribution in [1.82, 2.24) is 15.0 Å². The van der Waals surface area contributed by atoms with Crippen molar-refractivity contribution in [3.63, 3.8) is 0 Å². The van der Waals surface area contributed by atoms with E-state index in [1.807, 2.05) is 17.5 Å². The average Bonchev–Trinajstić information content (AvgIpc) is 3.08. The van der Waals surface area contributed by atoms with Gasteiger partial charge in [0.05, 0.1) is 10.7 Å². The van der Waals surface area contributed by atoms with Crippen molar-refractivity contribution in [3.8, 4) is 11.3 Å². The molecule has 3 aromatic rings. The number of carboxylic acids is 1. The molecular weight excluding hydrogens is 274 g/mol. The van der Waals surface area contributed by atoms with E-state index in [4.69, 9.17) is 5.11 Å². The Morgan fingerprint density at radius 2 is 2.15 bits per heavy atom. The van der Waals surface area contributed by atoms with Crippen LogP contribution in [0.5, 0.6) is 0 Å². The normalized spacial score (nSPS) is 10.6. The minimum atomic E-state index is -0.969. The van der Waals surface area contributed by atoms with Crippen LogP contribution in [0.1, 0.15) is 21.1 Å². The molecule has 2 N–H and O–H groups in total. The van der Waals surface area contributed by atoms with Gasteiger partial charge in [-0.25, -0.2) is 9.78 Å². The first-order valence-corrected chi connectivity index (χ1v) is 6.86. The van der Waals surface area contributed by atoms with Gasteiger partial charge in [-0.3, -0.25) is 4.98 Å². The first kappa shape index (κ1) is 12.6. The highest BCUT2D eigenvalue weighted by Gasteiger charge is 2.10. The quantitative estimate of drug-likeness (QED) is 0.772. The van der Waals surface area contributed by atoms with Crippen LogP contribution >= 0.6 is 11.3 Å². The maximum absolute atomic E-state index is 10.8. The molecule has 0 amide bonds. The number of aromatic amines is 1. The third-order valence-electron chi connectivity index (χ3n) is 2.87. The molecule has 3 rings (SSSR count). The van der Waals surface area contributed by atoms with E-state index in [0.29, 0.717) is 0 Å². The van der Waals surface area contributed by atoms with Crippen LogP contribution in [0, 0.1) is 0 Å². The Hall–Kier alpha value is -2.47. The van der Waals surface area contributed by atoms with E-state index in [9.17, 15) is 4.79 Å². The van der Waals surface area contributed by atoms with E-state index in [0.717, 1.165) is 28.2 Å². The second-order valence-electron chi connectivity index (χ2n) is 4.27. The van der Waals surface area contributed by atoms with Gasteiger partial charge in [-0.1, -0.05) is 0 Å². The van der Waals surface area contributed by atoms with E-state index in [2.05, 4.69) is 15.0 Å². The number of thiazole rings is 1. The highest BCUT2D eigenvalue weighted by Crippen LogP contribution is 2.24. The lowest BCUT2D eigenvalue weighted by Gasteiger charge is -1.95. The summed E-state index contributed by atoms with van der Waals surface area (Å²) in [4.78, 5) is 22.1. The molecule has 3 aromatic heterocycles. The predicted octanol–water partition coefficient (Wildman–Crippen LogP) is 2.82. The Labute approximate surface area is 119 Å². The number of carboxylic acid groups (broad SMARTS) is 1. The molecule has 0 aromatic carbocycles. The number of hydrogen-bond donors (Lipinski definition) is 2. The molecule has 20 heavy (non-hydrogen) atoms. The van der Waals surface area contributed by atoms with Crippen LogP contribution in [0.3, 0.4) is 0 Å². The fraction of sp³-hybridized carbons (Fsp3) is 0.0714. The number of aromatic carboxylic acids is 1. The standard InChI is InChI=1S/C14H11N3O2S/c18-14(19)11-6-10(7-16-11)12-8-20-13(17-12)5-9-1-3-15-4-2-9/h1-4,6-8,16H,5H2,(H,18,19). The van der Waals surface area contributed by atoms with Gasteiger partial charge in [0.2, 0.25) is 0 Å². The van der Waals surface area contributed by atoms with Crippen LogP contribution in [0.15, 0.2) is 42.2 Å². The van der Waals surface area contributed by atoms with E-state index < -0.39 is 5.97 Å². The first-order valence-electron chi connectivity index (χ1n) is 5.98. The lowest BCUT2D eigenvalue weighted by atomic mass is 10.2. The van der Waals surface area contributed by atoms with Gasteiger partial charge in [-0.2, -0.15) is 0 Å². The minimum absolute atomic E-state index is 0.170. The molecule has 0 atom stereocenters. The molecular formula is C14H11N3O2S. The first-order chi connectivity index (χ1) is 9.72. The van der Waals surface area contributed by atoms with Gasteiger partial charge in [-0.05, 0) is 23.8 Å². The predicted molar refractivity (Wildman–Crippen MR) is 75.9 cm³/mol. The summed E-state index contributed by atoms with van der Waals surface area (Å²) < 4.78 is 0. The molecule has 0 aliphatic heterocycles. The van der Waals surface area contributed by atoms with Crippen molar-refractivity contribution in [3.05, 3.63) is 58.4 Å². The summed E-state index contributed by atoms with van der Waals surface area (Å²) in [6, 6.07) is 5.51. The lowest BCUT2D eigenvalue weighted by molar-refractivity contribution is 0.0691. The molecule has 0 saturated heterocycles. The molecule has 0 aliphatic carbocycles. The van der Waals surface area contributed by atoms with Crippen molar-refractivity contribution in [2.75, 3.05) is 0 Å². The van der Waals surface area contributed by atoms with Crippen LogP contribution in [-0.4, -0.2) is 26.0 Å². The average molecular weight is 285 g/mol. The Morgan fingerprint density at radius 1 is 1.35 bits per heavy atom. The second kappa shape index (κ2) is 5.26. The fourth-order valence-electron chi connectivity index (χ4n) is 1.87. The number of aromatic nitrogens is 3. The summed E-state index contributed by atoms with van der Waals surface area (Å²) in [5.74, 6) is -0.969. The SMILES string of the molecule is O=C(O)c1cc(-c2csc(Cc3ccncc3)n2)c[nH]1. The Bertz CT molecular complexity index is 734. The summed E-state index contributed by atoms with van der Waals surface area (Å²) >= 11 is 1.56. The van der Waals surface area contributed by atoms with Gasteiger partial charge < -0.3 is 10.1 Å². The van der Waals surface area contributed by atoms with Gasteiger partial charge in [0.25, 0.3) is 0 Å². The van der Waals surface area contributed by atoms with Gasteiger partial charge in [0, 0.05) is 36.0 Å². The molecule has 5 nitrogen and oxygen atoms in total. The summed E-state index contributed by atoms with van der Waals surface area (Å²) in [5.41, 5.74) is 2.91. The number of hydrogen-bond acceptors (Lipinski definition) is 4. The number of nitrogens with one attached hydrogen (secondary N) is 1. The van der Waals surface area contributed by atoms with Crippen LogP contribution in [0.4, 0.5) is 0 Å². The molecule has 100 valence electrons. The highest BCUT2D eigenvalue weighted by molar-refractivity contribution is 7.10. The Balaban J connectivity index is 1.81. The molecule has 0 saturated carbocycles. The zero-order valence-electron chi connectivity index (χ0n) is 10.4. The number of pyridine rings is 1. The van der Waals surface area contributed by atoms with Crippen LogP contribution < -0.4 is 0 Å². The molecule has 0 fully saturated rings. The third kappa shape index (κ3) is 2.60. The number of carbonyl (C=O) groups is 1. The number of nitrogens with zero attached hydrogens (tertiary/aromatic N) is 2. The van der Waals surface area contributed by atoms with Crippen molar-refractivity contribution in [2.24, 2.45) is 0 Å². The van der Waals surface area contributed by atoms with E-state index in [-0.39, 0.29) is 5.69 Å². The van der Waals surface area contributed by atoms with Crippen molar-refractivity contribution in [1.29, 1.82) is 0 Å². The zero-order valence-corrected chi connectivity index (χ0v) is 11.2. The van der Waals surface area contributed by atoms with Gasteiger partial charge >= 0.3 is 5.97 Å². The summed E-state index contributed by atoms with van der Waals surface area (Å²) in [6.45, 7) is 0. The number of rotatable bonds is 4. The lowest BCUT2D eigenvalue weighted by Crippen LogP contribution is -1.94. The maximum Gasteiger partial charge on any atom is 0.352 e. The van der Waals surface area contributed by atoms with E-state index >= 15 is 0 Å². The van der Waals surface area contributed by atoms with Crippen LogP contribution in [0.25, 0.3) is 11.3 Å². The highest BCUT2D eigenvalue weighted by atomic mass is 32.1. The maximum atomic E-state index is 10.8. The van der Waals surface area contributed by atoms with Crippen molar-refractivity contribution in [2.45, 2.75) is 6.42 Å². The Morgan fingerprint density at radius 3 is 2.85 bits per heavy atom. The van der Waals surface area contributed by atoms with Crippen LogP contribution in [-0.2, 0) is 6.42 Å². The van der Waals surface area contributed by atoms with Gasteiger partial charge in [-0.15, -0.1) is 11.3 Å². The van der Waals surface area contributed by atoms with Gasteiger partial charge in [0.1, 0.15) is 5.69 Å². The topological polar surface area (TPSA) is 78.9 Å². The summed E-state index contributed by atoms with van der Waals surface area (Å²) in [7, 11) is 0. The fourth-order valence-corrected chi connectivity index (χ4v) is 2.70. The largest absolute Gasteiger partial charge is 0.477 e. The van der Waals surface area contributed by atoms with E-state index in [1.54, 1.807) is 36.0 Å². The summed E-state index contributed by atoms with van der Waals surface area (Å²) in [6.07, 6.45) is 5.93. The summed E-state index contributed by atoms with van der Waals surface area (Å²) in [5, 5.41) is 11.8. The monoisotopic (exact) mass is 285 g/mol. The molecule has 0 radical (unpaired) electrons. The minimum Gasteiger partial charge on any atom is -0.477 e. The van der Waals surface area contributed by atoms with Gasteiger partial charge in [0.15, 0.2) is 0 Å². The third-order valence-corrected chi connectivity index (χ3v) is 3.71. The second-order valence-corrected chi connectivity index (χ2v) is 5.21. The molecule has 6 heteroatoms. The van der Waals surface area contributed by atoms with E-state index in [1.165, 1.54) is 0 Å². The molecule has 0 bridgehead atoms. The van der Waals surface area contributed by atoms with Crippen molar-refractivity contribution < 1.29 is 9.90 Å². The molecule has 0 aliphatic rings. The molecule has 0 spiro atoms. The molecule has 3 heterocycles.